The lowest BCUT2D eigenvalue weighted by atomic mass is 10.1. The number of aliphatic hydroxyl groups is 1. The Hall–Kier alpha value is -1.06. The third kappa shape index (κ3) is 3.01. The molecule has 1 atom stereocenters. The summed E-state index contributed by atoms with van der Waals surface area (Å²) < 4.78 is 0. The van der Waals surface area contributed by atoms with Gasteiger partial charge in [-0.3, -0.25) is 0 Å². The van der Waals surface area contributed by atoms with Crippen LogP contribution in [0.3, 0.4) is 0 Å². The summed E-state index contributed by atoms with van der Waals surface area (Å²) in [5, 5.41) is 12.7. The van der Waals surface area contributed by atoms with E-state index >= 15 is 0 Å². The molecule has 1 aromatic carbocycles. The van der Waals surface area contributed by atoms with Gasteiger partial charge in [0.1, 0.15) is 0 Å². The average Bonchev–Trinajstić information content (AvgIpc) is 2.17. The van der Waals surface area contributed by atoms with Gasteiger partial charge >= 0.3 is 0 Å². The van der Waals surface area contributed by atoms with Crippen molar-refractivity contribution in [2.45, 2.75) is 26.0 Å². The molecule has 14 heavy (non-hydrogen) atoms. The first-order chi connectivity index (χ1) is 6.63. The molecule has 3 heteroatoms. The van der Waals surface area contributed by atoms with Crippen molar-refractivity contribution in [2.24, 2.45) is 5.73 Å². The predicted molar refractivity (Wildman–Crippen MR) is 59.2 cm³/mol. The Balaban J connectivity index is 2.68. The highest BCUT2D eigenvalue weighted by atomic mass is 16.3. The van der Waals surface area contributed by atoms with Crippen LogP contribution in [0.5, 0.6) is 0 Å². The maximum Gasteiger partial charge on any atom is 0.0912 e. The van der Waals surface area contributed by atoms with Gasteiger partial charge in [-0.15, -0.1) is 0 Å². The van der Waals surface area contributed by atoms with Gasteiger partial charge in [-0.2, -0.15) is 0 Å². The van der Waals surface area contributed by atoms with Crippen molar-refractivity contribution in [1.82, 2.24) is 0 Å². The molecule has 1 aromatic rings. The molecule has 0 spiro atoms. The number of rotatable bonds is 4. The molecule has 4 N–H and O–H groups in total. The molecule has 0 aliphatic carbocycles. The Bertz CT molecular complexity index is 269. The van der Waals surface area contributed by atoms with E-state index in [9.17, 15) is 5.11 Å². The van der Waals surface area contributed by atoms with Gasteiger partial charge < -0.3 is 16.2 Å². The van der Waals surface area contributed by atoms with Crippen LogP contribution in [0.4, 0.5) is 5.69 Å². The Morgan fingerprint density at radius 3 is 2.29 bits per heavy atom. The van der Waals surface area contributed by atoms with Crippen molar-refractivity contribution in [3.05, 3.63) is 29.8 Å². The fourth-order valence-corrected chi connectivity index (χ4v) is 1.27. The van der Waals surface area contributed by atoms with Crippen molar-refractivity contribution in [3.63, 3.8) is 0 Å². The average molecular weight is 194 g/mol. The van der Waals surface area contributed by atoms with Crippen LogP contribution in [0, 0.1) is 0 Å². The summed E-state index contributed by atoms with van der Waals surface area (Å²) in [6, 6.07) is 8.10. The first-order valence-corrected chi connectivity index (χ1v) is 4.88. The molecule has 3 nitrogen and oxygen atoms in total. The van der Waals surface area contributed by atoms with Crippen molar-refractivity contribution in [1.29, 1.82) is 0 Å². The number of nitrogens with two attached hydrogens (primary N) is 1. The molecule has 0 amide bonds. The van der Waals surface area contributed by atoms with Crippen LogP contribution in [-0.2, 0) is 0 Å². The van der Waals surface area contributed by atoms with E-state index < -0.39 is 6.10 Å². The SMILES string of the molecule is CC(C)Nc1ccc(C(O)CN)cc1. The third-order valence-corrected chi connectivity index (χ3v) is 1.97. The second-order valence-electron chi connectivity index (χ2n) is 3.67. The third-order valence-electron chi connectivity index (χ3n) is 1.97. The van der Waals surface area contributed by atoms with Gasteiger partial charge in [0, 0.05) is 18.3 Å². The molecule has 0 radical (unpaired) electrons. The lowest BCUT2D eigenvalue weighted by molar-refractivity contribution is 0.187. The topological polar surface area (TPSA) is 58.3 Å². The number of hydrogen-bond donors (Lipinski definition) is 3. The van der Waals surface area contributed by atoms with E-state index in [1.807, 2.05) is 24.3 Å². The van der Waals surface area contributed by atoms with Crippen molar-refractivity contribution in [2.75, 3.05) is 11.9 Å². The second-order valence-corrected chi connectivity index (χ2v) is 3.67. The van der Waals surface area contributed by atoms with Crippen LogP contribution in [0.15, 0.2) is 24.3 Å². The largest absolute Gasteiger partial charge is 0.387 e. The molecule has 0 saturated heterocycles. The van der Waals surface area contributed by atoms with E-state index in [1.54, 1.807) is 0 Å². The van der Waals surface area contributed by atoms with Gasteiger partial charge in [0.05, 0.1) is 6.10 Å². The highest BCUT2D eigenvalue weighted by molar-refractivity contribution is 5.45. The minimum atomic E-state index is -0.553. The summed E-state index contributed by atoms with van der Waals surface area (Å²) in [4.78, 5) is 0. The fourth-order valence-electron chi connectivity index (χ4n) is 1.27. The molecule has 0 heterocycles. The van der Waals surface area contributed by atoms with Gasteiger partial charge in [-0.25, -0.2) is 0 Å². The van der Waals surface area contributed by atoms with Crippen molar-refractivity contribution in [3.8, 4) is 0 Å². The van der Waals surface area contributed by atoms with Gasteiger partial charge in [-0.05, 0) is 31.5 Å². The highest BCUT2D eigenvalue weighted by Crippen LogP contribution is 2.15. The Labute approximate surface area is 84.9 Å². The molecule has 0 aliphatic rings. The zero-order valence-electron chi connectivity index (χ0n) is 8.70. The molecular weight excluding hydrogens is 176 g/mol. The minimum Gasteiger partial charge on any atom is -0.387 e. The minimum absolute atomic E-state index is 0.261. The highest BCUT2D eigenvalue weighted by Gasteiger charge is 2.04. The van der Waals surface area contributed by atoms with Gasteiger partial charge in [0.15, 0.2) is 0 Å². The number of aliphatic hydroxyl groups excluding tert-OH is 1. The smallest absolute Gasteiger partial charge is 0.0912 e. The van der Waals surface area contributed by atoms with Gasteiger partial charge in [0.25, 0.3) is 0 Å². The molecule has 1 rings (SSSR count). The number of benzene rings is 1. The van der Waals surface area contributed by atoms with E-state index in [2.05, 4.69) is 19.2 Å². The molecule has 0 saturated carbocycles. The number of anilines is 1. The van der Waals surface area contributed by atoms with E-state index in [4.69, 9.17) is 5.73 Å². The zero-order valence-corrected chi connectivity index (χ0v) is 8.70. The zero-order chi connectivity index (χ0) is 10.6. The van der Waals surface area contributed by atoms with Crippen LogP contribution in [0.25, 0.3) is 0 Å². The molecule has 0 fully saturated rings. The van der Waals surface area contributed by atoms with E-state index in [0.29, 0.717) is 6.04 Å². The lowest BCUT2D eigenvalue weighted by Gasteiger charge is -2.12. The first-order valence-electron chi connectivity index (χ1n) is 4.88. The summed E-state index contributed by atoms with van der Waals surface area (Å²) in [6.07, 6.45) is -0.553. The summed E-state index contributed by atoms with van der Waals surface area (Å²) in [5.74, 6) is 0. The van der Waals surface area contributed by atoms with E-state index in [0.717, 1.165) is 11.3 Å². The molecular formula is C11H18N2O. The summed E-state index contributed by atoms with van der Waals surface area (Å²) in [5.41, 5.74) is 7.28. The lowest BCUT2D eigenvalue weighted by Crippen LogP contribution is -2.12. The molecule has 78 valence electrons. The van der Waals surface area contributed by atoms with E-state index in [1.165, 1.54) is 0 Å². The van der Waals surface area contributed by atoms with Gasteiger partial charge in [-0.1, -0.05) is 12.1 Å². The molecule has 1 unspecified atom stereocenters. The van der Waals surface area contributed by atoms with Crippen LogP contribution in [0.2, 0.25) is 0 Å². The summed E-state index contributed by atoms with van der Waals surface area (Å²) in [7, 11) is 0. The van der Waals surface area contributed by atoms with Crippen LogP contribution in [0.1, 0.15) is 25.5 Å². The van der Waals surface area contributed by atoms with Crippen molar-refractivity contribution >= 4 is 5.69 Å². The fraction of sp³-hybridized carbons (Fsp3) is 0.455. The predicted octanol–water partition coefficient (Wildman–Crippen LogP) is 1.50. The Morgan fingerprint density at radius 2 is 1.86 bits per heavy atom. The van der Waals surface area contributed by atoms with E-state index in [-0.39, 0.29) is 6.54 Å². The molecule has 0 bridgehead atoms. The van der Waals surface area contributed by atoms with Crippen molar-refractivity contribution < 1.29 is 5.11 Å². The monoisotopic (exact) mass is 194 g/mol. The summed E-state index contributed by atoms with van der Waals surface area (Å²) >= 11 is 0. The Morgan fingerprint density at radius 1 is 1.29 bits per heavy atom. The van der Waals surface area contributed by atoms with Crippen LogP contribution >= 0.6 is 0 Å². The maximum atomic E-state index is 9.46. The quantitative estimate of drug-likeness (QED) is 0.680. The number of hydrogen-bond acceptors (Lipinski definition) is 3. The van der Waals surface area contributed by atoms with Crippen LogP contribution < -0.4 is 11.1 Å². The molecule has 0 aliphatic heterocycles. The Kier molecular flexibility index (Phi) is 3.92. The summed E-state index contributed by atoms with van der Waals surface area (Å²) in [6.45, 7) is 4.43. The first kappa shape index (κ1) is 11.0. The van der Waals surface area contributed by atoms with Gasteiger partial charge in [0.2, 0.25) is 0 Å². The normalized spacial score (nSPS) is 12.9. The number of nitrogens with one attached hydrogen (secondary N) is 1. The maximum absolute atomic E-state index is 9.46. The molecule has 0 aromatic heterocycles. The second kappa shape index (κ2) is 4.98. The standard InChI is InChI=1S/C11H18N2O/c1-8(2)13-10-5-3-9(4-6-10)11(14)7-12/h3-6,8,11,13-14H,7,12H2,1-2H3. The van der Waals surface area contributed by atoms with Crippen LogP contribution in [-0.4, -0.2) is 17.7 Å².